The van der Waals surface area contributed by atoms with Crippen molar-refractivity contribution < 1.29 is 9.53 Å². The van der Waals surface area contributed by atoms with Gasteiger partial charge in [-0.25, -0.2) is 0 Å². The van der Waals surface area contributed by atoms with Gasteiger partial charge in [-0.3, -0.25) is 4.79 Å². The molecular formula is C17H22N2O2. The fourth-order valence-electron chi connectivity index (χ4n) is 3.96. The van der Waals surface area contributed by atoms with E-state index in [-0.39, 0.29) is 5.92 Å². The Bertz CT molecular complexity index is 519. The Morgan fingerprint density at radius 3 is 2.71 bits per heavy atom. The molecule has 4 nitrogen and oxygen atoms in total. The molecule has 3 heterocycles. The van der Waals surface area contributed by atoms with Crippen molar-refractivity contribution in [2.75, 3.05) is 44.3 Å². The van der Waals surface area contributed by atoms with Gasteiger partial charge in [-0.2, -0.15) is 0 Å². The van der Waals surface area contributed by atoms with E-state index in [9.17, 15) is 4.79 Å². The molecule has 1 aromatic carbocycles. The number of amides is 1. The summed E-state index contributed by atoms with van der Waals surface area (Å²) in [6, 6.07) is 10.6. The molecule has 0 aliphatic carbocycles. The summed E-state index contributed by atoms with van der Waals surface area (Å²) in [6.45, 7) is 5.44. The van der Waals surface area contributed by atoms with Crippen molar-refractivity contribution in [2.24, 2.45) is 11.3 Å². The molecule has 3 aliphatic heterocycles. The standard InChI is InChI=1S/C17H22N2O2/c20-16(14-6-9-21-10-14)19-12-17(13-19)7-8-18(11-17)15-4-2-1-3-5-15/h1-5,14H,6-13H2. The fraction of sp³-hybridized carbons (Fsp3) is 0.588. The first-order valence-electron chi connectivity index (χ1n) is 7.92. The Hall–Kier alpha value is -1.55. The molecule has 112 valence electrons. The second-order valence-corrected chi connectivity index (χ2v) is 6.76. The molecule has 3 aliphatic rings. The van der Waals surface area contributed by atoms with Crippen molar-refractivity contribution >= 4 is 11.6 Å². The maximum atomic E-state index is 12.4. The molecule has 0 N–H and O–H groups in total. The number of para-hydroxylation sites is 1. The first-order valence-corrected chi connectivity index (χ1v) is 7.92. The van der Waals surface area contributed by atoms with Gasteiger partial charge in [0.15, 0.2) is 0 Å². The zero-order valence-corrected chi connectivity index (χ0v) is 12.3. The second kappa shape index (κ2) is 5.02. The molecule has 1 amide bonds. The second-order valence-electron chi connectivity index (χ2n) is 6.76. The van der Waals surface area contributed by atoms with Crippen LogP contribution in [-0.4, -0.2) is 50.2 Å². The highest BCUT2D eigenvalue weighted by molar-refractivity contribution is 5.80. The molecule has 3 saturated heterocycles. The van der Waals surface area contributed by atoms with Crippen LogP contribution in [-0.2, 0) is 9.53 Å². The van der Waals surface area contributed by atoms with Crippen molar-refractivity contribution in [3.63, 3.8) is 0 Å². The van der Waals surface area contributed by atoms with Crippen LogP contribution in [0.3, 0.4) is 0 Å². The highest BCUT2D eigenvalue weighted by atomic mass is 16.5. The van der Waals surface area contributed by atoms with Crippen LogP contribution in [0.1, 0.15) is 12.8 Å². The van der Waals surface area contributed by atoms with Crippen LogP contribution in [0.4, 0.5) is 5.69 Å². The number of likely N-dealkylation sites (tertiary alicyclic amines) is 1. The van der Waals surface area contributed by atoms with E-state index in [1.165, 1.54) is 12.1 Å². The topological polar surface area (TPSA) is 32.8 Å². The van der Waals surface area contributed by atoms with Crippen LogP contribution < -0.4 is 4.90 Å². The van der Waals surface area contributed by atoms with Crippen LogP contribution >= 0.6 is 0 Å². The maximum Gasteiger partial charge on any atom is 0.228 e. The van der Waals surface area contributed by atoms with Gasteiger partial charge in [-0.15, -0.1) is 0 Å². The molecule has 1 atom stereocenters. The summed E-state index contributed by atoms with van der Waals surface area (Å²) in [5.41, 5.74) is 1.65. The number of rotatable bonds is 2. The molecule has 3 fully saturated rings. The number of carbonyl (C=O) groups is 1. The summed E-state index contributed by atoms with van der Waals surface area (Å²) < 4.78 is 5.33. The molecule has 0 radical (unpaired) electrons. The molecule has 0 aromatic heterocycles. The van der Waals surface area contributed by atoms with E-state index in [1.54, 1.807) is 0 Å². The molecule has 1 unspecified atom stereocenters. The minimum Gasteiger partial charge on any atom is -0.381 e. The largest absolute Gasteiger partial charge is 0.381 e. The molecule has 1 spiro atoms. The third kappa shape index (κ3) is 2.31. The number of hydrogen-bond acceptors (Lipinski definition) is 3. The van der Waals surface area contributed by atoms with Gasteiger partial charge in [0, 0.05) is 43.9 Å². The molecular weight excluding hydrogens is 264 g/mol. The molecule has 4 rings (SSSR count). The van der Waals surface area contributed by atoms with Crippen LogP contribution in [0.15, 0.2) is 30.3 Å². The van der Waals surface area contributed by atoms with Gasteiger partial charge >= 0.3 is 0 Å². The first-order chi connectivity index (χ1) is 10.3. The number of ether oxygens (including phenoxy) is 1. The number of anilines is 1. The Morgan fingerprint density at radius 2 is 2.00 bits per heavy atom. The van der Waals surface area contributed by atoms with Gasteiger partial charge in [-0.1, -0.05) is 18.2 Å². The molecule has 0 saturated carbocycles. The van der Waals surface area contributed by atoms with Crippen LogP contribution in [0.2, 0.25) is 0 Å². The van der Waals surface area contributed by atoms with E-state index in [1.807, 2.05) is 4.90 Å². The van der Waals surface area contributed by atoms with Crippen LogP contribution in [0, 0.1) is 11.3 Å². The quantitative estimate of drug-likeness (QED) is 0.830. The Morgan fingerprint density at radius 1 is 1.19 bits per heavy atom. The number of hydrogen-bond donors (Lipinski definition) is 0. The van der Waals surface area contributed by atoms with Crippen molar-refractivity contribution in [3.8, 4) is 0 Å². The maximum absolute atomic E-state index is 12.4. The number of carbonyl (C=O) groups excluding carboxylic acids is 1. The lowest BCUT2D eigenvalue weighted by atomic mass is 9.78. The highest BCUT2D eigenvalue weighted by Crippen LogP contribution is 2.41. The molecule has 0 bridgehead atoms. The molecule has 4 heteroatoms. The Kier molecular flexibility index (Phi) is 3.14. The van der Waals surface area contributed by atoms with Crippen molar-refractivity contribution in [3.05, 3.63) is 30.3 Å². The zero-order chi connectivity index (χ0) is 14.3. The summed E-state index contributed by atoms with van der Waals surface area (Å²) in [4.78, 5) is 16.9. The van der Waals surface area contributed by atoms with Gasteiger partial charge in [0.25, 0.3) is 0 Å². The third-order valence-corrected chi connectivity index (χ3v) is 5.20. The van der Waals surface area contributed by atoms with Crippen molar-refractivity contribution in [2.45, 2.75) is 12.8 Å². The van der Waals surface area contributed by atoms with Crippen molar-refractivity contribution in [1.29, 1.82) is 0 Å². The summed E-state index contributed by atoms with van der Waals surface area (Å²) in [5.74, 6) is 0.435. The minimum absolute atomic E-state index is 0.119. The average Bonchev–Trinajstić information content (AvgIpc) is 3.15. The van der Waals surface area contributed by atoms with E-state index in [2.05, 4.69) is 35.2 Å². The van der Waals surface area contributed by atoms with E-state index >= 15 is 0 Å². The van der Waals surface area contributed by atoms with Crippen LogP contribution in [0.25, 0.3) is 0 Å². The van der Waals surface area contributed by atoms with Crippen molar-refractivity contribution in [1.82, 2.24) is 4.90 Å². The lowest BCUT2D eigenvalue weighted by molar-refractivity contribution is -0.146. The fourth-order valence-corrected chi connectivity index (χ4v) is 3.96. The minimum atomic E-state index is 0.119. The summed E-state index contributed by atoms with van der Waals surface area (Å²) in [5, 5.41) is 0. The SMILES string of the molecule is O=C(C1CCOC1)N1CC2(CCN(c3ccccc3)C2)C1. The summed E-state index contributed by atoms with van der Waals surface area (Å²) in [7, 11) is 0. The van der Waals surface area contributed by atoms with Gasteiger partial charge in [-0.05, 0) is 25.0 Å². The Labute approximate surface area is 125 Å². The van der Waals surface area contributed by atoms with Gasteiger partial charge in [0.05, 0.1) is 12.5 Å². The van der Waals surface area contributed by atoms with E-state index < -0.39 is 0 Å². The normalized spacial score (nSPS) is 27.1. The summed E-state index contributed by atoms with van der Waals surface area (Å²) >= 11 is 0. The van der Waals surface area contributed by atoms with Gasteiger partial charge in [0.2, 0.25) is 5.91 Å². The molecule has 21 heavy (non-hydrogen) atoms. The zero-order valence-electron chi connectivity index (χ0n) is 12.3. The number of benzene rings is 1. The predicted octanol–water partition coefficient (Wildman–Crippen LogP) is 1.76. The lowest BCUT2D eigenvalue weighted by Gasteiger charge is -2.48. The van der Waals surface area contributed by atoms with E-state index in [4.69, 9.17) is 4.74 Å². The highest BCUT2D eigenvalue weighted by Gasteiger charge is 2.50. The number of nitrogens with zero attached hydrogens (tertiary/aromatic N) is 2. The lowest BCUT2D eigenvalue weighted by Crippen LogP contribution is -2.60. The summed E-state index contributed by atoms with van der Waals surface area (Å²) in [6.07, 6.45) is 2.10. The predicted molar refractivity (Wildman–Crippen MR) is 81.2 cm³/mol. The van der Waals surface area contributed by atoms with Crippen LogP contribution in [0.5, 0.6) is 0 Å². The molecule has 1 aromatic rings. The van der Waals surface area contributed by atoms with Gasteiger partial charge in [0.1, 0.15) is 0 Å². The van der Waals surface area contributed by atoms with E-state index in [0.29, 0.717) is 17.9 Å². The third-order valence-electron chi connectivity index (χ3n) is 5.20. The average molecular weight is 286 g/mol. The van der Waals surface area contributed by atoms with E-state index in [0.717, 1.165) is 39.2 Å². The first kappa shape index (κ1) is 13.1. The smallest absolute Gasteiger partial charge is 0.228 e. The monoisotopic (exact) mass is 286 g/mol. The van der Waals surface area contributed by atoms with Gasteiger partial charge < -0.3 is 14.5 Å². The Balaban J connectivity index is 1.36.